The van der Waals surface area contributed by atoms with Crippen molar-refractivity contribution < 1.29 is 12.8 Å². The molecular formula is C20H21N3O3S. The molecule has 140 valence electrons. The molecule has 4 heterocycles. The van der Waals surface area contributed by atoms with Gasteiger partial charge in [0.05, 0.1) is 28.9 Å². The van der Waals surface area contributed by atoms with Gasteiger partial charge in [-0.2, -0.15) is 5.10 Å². The lowest BCUT2D eigenvalue weighted by atomic mass is 9.95. The smallest absolute Gasteiger partial charge is 0.183 e. The van der Waals surface area contributed by atoms with Gasteiger partial charge >= 0.3 is 0 Å². The summed E-state index contributed by atoms with van der Waals surface area (Å²) in [6, 6.07) is 7.57. The van der Waals surface area contributed by atoms with Gasteiger partial charge in [-0.15, -0.1) is 0 Å². The Morgan fingerprint density at radius 2 is 2.11 bits per heavy atom. The molecule has 2 atom stereocenters. The highest BCUT2D eigenvalue weighted by Gasteiger charge is 2.50. The number of aromatic nitrogens is 2. The molecule has 1 fully saturated rings. The highest BCUT2D eigenvalue weighted by molar-refractivity contribution is 7.92. The van der Waals surface area contributed by atoms with Crippen LogP contribution in [-0.4, -0.2) is 41.4 Å². The van der Waals surface area contributed by atoms with E-state index in [1.807, 2.05) is 35.3 Å². The van der Waals surface area contributed by atoms with Gasteiger partial charge in [0.25, 0.3) is 0 Å². The van der Waals surface area contributed by atoms with Crippen LogP contribution in [-0.2, 0) is 22.9 Å². The highest BCUT2D eigenvalue weighted by atomic mass is 32.2. The second kappa shape index (κ2) is 6.07. The molecule has 1 saturated heterocycles. The lowest BCUT2D eigenvalue weighted by Crippen LogP contribution is -2.25. The average Bonchev–Trinajstić information content (AvgIpc) is 3.43. The lowest BCUT2D eigenvalue weighted by Gasteiger charge is -2.16. The summed E-state index contributed by atoms with van der Waals surface area (Å²) in [5.41, 5.74) is 4.05. The van der Waals surface area contributed by atoms with E-state index in [0.717, 1.165) is 41.9 Å². The van der Waals surface area contributed by atoms with Crippen molar-refractivity contribution in [1.82, 2.24) is 14.7 Å². The molecule has 0 saturated carbocycles. The van der Waals surface area contributed by atoms with Crippen molar-refractivity contribution in [2.45, 2.75) is 36.1 Å². The molecule has 27 heavy (non-hydrogen) atoms. The Bertz CT molecular complexity index is 1090. The summed E-state index contributed by atoms with van der Waals surface area (Å²) < 4.78 is 33.2. The molecule has 0 amide bonds. The Labute approximate surface area is 158 Å². The maximum atomic E-state index is 13.1. The third-order valence-corrected chi connectivity index (χ3v) is 7.99. The molecule has 0 spiro atoms. The molecule has 0 N–H and O–H groups in total. The zero-order valence-corrected chi connectivity index (χ0v) is 15.9. The first-order valence-corrected chi connectivity index (χ1v) is 10.7. The fourth-order valence-electron chi connectivity index (χ4n) is 4.38. The van der Waals surface area contributed by atoms with E-state index in [1.54, 1.807) is 18.6 Å². The molecule has 2 aliphatic rings. The van der Waals surface area contributed by atoms with Crippen molar-refractivity contribution in [2.75, 3.05) is 13.1 Å². The Balaban J connectivity index is 1.45. The van der Waals surface area contributed by atoms with Gasteiger partial charge in [-0.3, -0.25) is 9.58 Å². The van der Waals surface area contributed by atoms with Crippen LogP contribution in [0.5, 0.6) is 0 Å². The van der Waals surface area contributed by atoms with Crippen molar-refractivity contribution in [2.24, 2.45) is 0 Å². The van der Waals surface area contributed by atoms with E-state index >= 15 is 0 Å². The second-order valence-electron chi connectivity index (χ2n) is 7.35. The number of hydrogen-bond donors (Lipinski definition) is 0. The number of furan rings is 1. The van der Waals surface area contributed by atoms with E-state index in [9.17, 15) is 8.42 Å². The van der Waals surface area contributed by atoms with Crippen LogP contribution >= 0.6 is 0 Å². The zero-order valence-electron chi connectivity index (χ0n) is 15.1. The van der Waals surface area contributed by atoms with Crippen LogP contribution in [0.4, 0.5) is 0 Å². The fraction of sp³-hybridized carbons (Fsp3) is 0.350. The van der Waals surface area contributed by atoms with Crippen molar-refractivity contribution >= 4 is 9.84 Å². The molecule has 2 aliphatic heterocycles. The number of likely N-dealkylation sites (tertiary alicyclic amines) is 1. The highest BCUT2D eigenvalue weighted by Crippen LogP contribution is 2.46. The van der Waals surface area contributed by atoms with Crippen molar-refractivity contribution in [3.8, 4) is 11.1 Å². The Hall–Kier alpha value is -2.38. The number of sulfone groups is 1. The molecule has 6 nitrogen and oxygen atoms in total. The van der Waals surface area contributed by atoms with Gasteiger partial charge in [0.2, 0.25) is 0 Å². The molecule has 1 aromatic carbocycles. The Morgan fingerprint density at radius 3 is 2.85 bits per heavy atom. The van der Waals surface area contributed by atoms with E-state index in [1.165, 1.54) is 0 Å². The van der Waals surface area contributed by atoms with Gasteiger partial charge < -0.3 is 4.42 Å². The molecule has 0 aliphatic carbocycles. The second-order valence-corrected chi connectivity index (χ2v) is 9.49. The SMILES string of the molecule is CCn1cc(CN2C[C@H]3c4cc(-c5ccoc5)ccc4S(=O)(=O)[C@H]3C2)cn1. The third-order valence-electron chi connectivity index (χ3n) is 5.73. The lowest BCUT2D eigenvalue weighted by molar-refractivity contribution is 0.325. The number of rotatable bonds is 4. The fourth-order valence-corrected chi connectivity index (χ4v) is 6.58. The van der Waals surface area contributed by atoms with Crippen LogP contribution in [0, 0.1) is 0 Å². The van der Waals surface area contributed by atoms with Crippen molar-refractivity contribution in [1.29, 1.82) is 0 Å². The molecule has 7 heteroatoms. The topological polar surface area (TPSA) is 68.3 Å². The van der Waals surface area contributed by atoms with Crippen molar-refractivity contribution in [3.63, 3.8) is 0 Å². The minimum atomic E-state index is -3.28. The third kappa shape index (κ3) is 2.64. The van der Waals surface area contributed by atoms with Crippen LogP contribution in [0.2, 0.25) is 0 Å². The maximum Gasteiger partial charge on any atom is 0.183 e. The minimum Gasteiger partial charge on any atom is -0.472 e. The Kier molecular flexibility index (Phi) is 3.77. The van der Waals surface area contributed by atoms with Gasteiger partial charge in [0.15, 0.2) is 9.84 Å². The summed E-state index contributed by atoms with van der Waals surface area (Å²) in [5, 5.41) is 3.96. The molecular weight excluding hydrogens is 362 g/mol. The zero-order chi connectivity index (χ0) is 18.6. The largest absolute Gasteiger partial charge is 0.472 e. The summed E-state index contributed by atoms with van der Waals surface area (Å²) in [6.07, 6.45) is 7.23. The Morgan fingerprint density at radius 1 is 1.22 bits per heavy atom. The number of hydrogen-bond acceptors (Lipinski definition) is 5. The average molecular weight is 383 g/mol. The summed E-state index contributed by atoms with van der Waals surface area (Å²) in [6.45, 7) is 4.95. The van der Waals surface area contributed by atoms with E-state index in [2.05, 4.69) is 16.9 Å². The van der Waals surface area contributed by atoms with Gasteiger partial charge in [-0.05, 0) is 36.2 Å². The molecule has 0 radical (unpaired) electrons. The number of fused-ring (bicyclic) bond motifs is 3. The monoisotopic (exact) mass is 383 g/mol. The first-order chi connectivity index (χ1) is 13.1. The van der Waals surface area contributed by atoms with Crippen LogP contribution in [0.1, 0.15) is 24.0 Å². The van der Waals surface area contributed by atoms with Crippen LogP contribution in [0.15, 0.2) is 58.5 Å². The predicted octanol–water partition coefficient (Wildman–Crippen LogP) is 2.92. The van der Waals surface area contributed by atoms with Gasteiger partial charge in [-0.1, -0.05) is 6.07 Å². The van der Waals surface area contributed by atoms with Gasteiger partial charge in [0, 0.05) is 49.4 Å². The number of benzene rings is 1. The predicted molar refractivity (Wildman–Crippen MR) is 101 cm³/mol. The summed E-state index contributed by atoms with van der Waals surface area (Å²) in [5.74, 6) is 0.0260. The van der Waals surface area contributed by atoms with E-state index in [4.69, 9.17) is 4.42 Å². The van der Waals surface area contributed by atoms with Gasteiger partial charge in [0.1, 0.15) is 0 Å². The molecule has 0 unspecified atom stereocenters. The van der Waals surface area contributed by atoms with E-state index < -0.39 is 9.84 Å². The first-order valence-electron chi connectivity index (χ1n) is 9.20. The summed E-state index contributed by atoms with van der Waals surface area (Å²) in [7, 11) is -3.28. The maximum absolute atomic E-state index is 13.1. The van der Waals surface area contributed by atoms with E-state index in [0.29, 0.717) is 11.4 Å². The van der Waals surface area contributed by atoms with Gasteiger partial charge in [-0.25, -0.2) is 8.42 Å². The first kappa shape index (κ1) is 16.8. The molecule has 5 rings (SSSR count). The van der Waals surface area contributed by atoms with E-state index in [-0.39, 0.29) is 11.2 Å². The van der Waals surface area contributed by atoms with Crippen LogP contribution < -0.4 is 0 Å². The molecule has 0 bridgehead atoms. The van der Waals surface area contributed by atoms with Crippen LogP contribution in [0.25, 0.3) is 11.1 Å². The number of aryl methyl sites for hydroxylation is 1. The quantitative estimate of drug-likeness (QED) is 0.693. The molecule has 2 aromatic heterocycles. The minimum absolute atomic E-state index is 0.0260. The molecule has 3 aromatic rings. The van der Waals surface area contributed by atoms with Crippen LogP contribution in [0.3, 0.4) is 0 Å². The van der Waals surface area contributed by atoms with Crippen molar-refractivity contribution in [3.05, 3.63) is 60.3 Å². The normalized spacial score (nSPS) is 23.4. The summed E-state index contributed by atoms with van der Waals surface area (Å²) in [4.78, 5) is 2.74. The standard InChI is InChI=1S/C20H21N3O3S/c1-2-23-10-14(8-21-23)9-22-11-18-17-7-15(16-5-6-26-13-16)3-4-19(17)27(24,25)20(18)12-22/h3-8,10,13,18,20H,2,9,11-12H2,1H3/t18-,20-/m0/s1. The number of nitrogens with zero attached hydrogens (tertiary/aromatic N) is 3. The summed E-state index contributed by atoms with van der Waals surface area (Å²) >= 11 is 0.